The number of nitrogens with zero attached hydrogens (tertiary/aromatic N) is 4. The predicted octanol–water partition coefficient (Wildman–Crippen LogP) is 3.39. The Hall–Kier alpha value is -2.83. The molecule has 2 aromatic rings. The molecule has 0 N–H and O–H groups in total. The van der Waals surface area contributed by atoms with Gasteiger partial charge in [0.2, 0.25) is 5.91 Å². The van der Waals surface area contributed by atoms with E-state index in [0.717, 1.165) is 24.0 Å². The van der Waals surface area contributed by atoms with Gasteiger partial charge in [0.25, 0.3) is 0 Å². The first-order valence-electron chi connectivity index (χ1n) is 10.8. The third kappa shape index (κ3) is 5.40. The molecule has 1 aliphatic rings. The number of ether oxygens (including phenoxy) is 1. The van der Waals surface area contributed by atoms with E-state index < -0.39 is 0 Å². The standard InChI is InChI=1S/C23H32N4O3/c1-4-20-16-27(23(29)30-17-18-9-7-6-8-10-18)21(5-2)15-26(20)22(28)12-11-19-13-24-25(3)14-19/h6-10,13-14,20-21H,4-5,11-12,15-17H2,1-3H3/t20-,21+/m0/s1. The summed E-state index contributed by atoms with van der Waals surface area (Å²) in [5.74, 6) is 0.140. The Morgan fingerprint density at radius 3 is 2.33 bits per heavy atom. The summed E-state index contributed by atoms with van der Waals surface area (Å²) in [7, 11) is 1.88. The molecule has 2 atom stereocenters. The fourth-order valence-electron chi connectivity index (χ4n) is 3.98. The Morgan fingerprint density at radius 2 is 1.70 bits per heavy atom. The molecule has 7 nitrogen and oxygen atoms in total. The third-order valence-electron chi connectivity index (χ3n) is 5.78. The zero-order valence-corrected chi connectivity index (χ0v) is 18.2. The summed E-state index contributed by atoms with van der Waals surface area (Å²) in [6, 6.07) is 9.67. The summed E-state index contributed by atoms with van der Waals surface area (Å²) in [5, 5.41) is 4.17. The van der Waals surface area contributed by atoms with Crippen molar-refractivity contribution in [1.82, 2.24) is 19.6 Å². The quantitative estimate of drug-likeness (QED) is 0.699. The van der Waals surface area contributed by atoms with Crippen LogP contribution in [0.5, 0.6) is 0 Å². The van der Waals surface area contributed by atoms with E-state index in [1.54, 1.807) is 10.9 Å². The molecular formula is C23H32N4O3. The van der Waals surface area contributed by atoms with Crippen LogP contribution < -0.4 is 0 Å². The fraction of sp³-hybridized carbons (Fsp3) is 0.522. The van der Waals surface area contributed by atoms with Crippen molar-refractivity contribution in [2.45, 2.75) is 58.2 Å². The smallest absolute Gasteiger partial charge is 0.410 e. The Labute approximate surface area is 178 Å². The molecule has 1 aromatic heterocycles. The van der Waals surface area contributed by atoms with Crippen molar-refractivity contribution in [1.29, 1.82) is 0 Å². The lowest BCUT2D eigenvalue weighted by molar-refractivity contribution is -0.137. The minimum atomic E-state index is -0.299. The first-order chi connectivity index (χ1) is 14.5. The molecule has 7 heteroatoms. The van der Waals surface area contributed by atoms with Gasteiger partial charge in [-0.05, 0) is 30.4 Å². The Balaban J connectivity index is 1.59. The average Bonchev–Trinajstić information content (AvgIpc) is 3.20. The van der Waals surface area contributed by atoms with Crippen molar-refractivity contribution >= 4 is 12.0 Å². The summed E-state index contributed by atoms with van der Waals surface area (Å²) < 4.78 is 7.32. The first-order valence-corrected chi connectivity index (χ1v) is 10.8. The number of piperazine rings is 1. The number of carbonyl (C=O) groups excluding carboxylic acids is 2. The van der Waals surface area contributed by atoms with E-state index in [2.05, 4.69) is 12.0 Å². The number of hydrogen-bond acceptors (Lipinski definition) is 4. The zero-order valence-electron chi connectivity index (χ0n) is 18.2. The monoisotopic (exact) mass is 412 g/mol. The zero-order chi connectivity index (χ0) is 21.5. The van der Waals surface area contributed by atoms with Crippen LogP contribution in [-0.4, -0.2) is 56.8 Å². The fourth-order valence-corrected chi connectivity index (χ4v) is 3.98. The number of rotatable bonds is 7. The highest BCUT2D eigenvalue weighted by Crippen LogP contribution is 2.22. The van der Waals surface area contributed by atoms with Crippen LogP contribution in [0, 0.1) is 0 Å². The molecule has 0 spiro atoms. The Kier molecular flexibility index (Phi) is 7.49. The second kappa shape index (κ2) is 10.3. The van der Waals surface area contributed by atoms with Gasteiger partial charge in [-0.15, -0.1) is 0 Å². The highest BCUT2D eigenvalue weighted by atomic mass is 16.6. The summed E-state index contributed by atoms with van der Waals surface area (Å²) in [5.41, 5.74) is 2.03. The van der Waals surface area contributed by atoms with Crippen molar-refractivity contribution in [3.63, 3.8) is 0 Å². The number of aryl methyl sites for hydroxylation is 2. The van der Waals surface area contributed by atoms with Gasteiger partial charge in [0.05, 0.1) is 12.2 Å². The van der Waals surface area contributed by atoms with Gasteiger partial charge in [0.15, 0.2) is 0 Å². The van der Waals surface area contributed by atoms with Crippen molar-refractivity contribution in [2.75, 3.05) is 13.1 Å². The maximum absolute atomic E-state index is 13.0. The number of carbonyl (C=O) groups is 2. The molecule has 2 amide bonds. The highest BCUT2D eigenvalue weighted by molar-refractivity contribution is 5.77. The average molecular weight is 413 g/mol. The van der Waals surface area contributed by atoms with E-state index in [1.165, 1.54) is 0 Å². The molecular weight excluding hydrogens is 380 g/mol. The summed E-state index contributed by atoms with van der Waals surface area (Å²) in [6.45, 7) is 5.44. The topological polar surface area (TPSA) is 67.7 Å². The first kappa shape index (κ1) is 21.9. The van der Waals surface area contributed by atoms with Crippen molar-refractivity contribution < 1.29 is 14.3 Å². The van der Waals surface area contributed by atoms with Gasteiger partial charge in [-0.3, -0.25) is 9.48 Å². The van der Waals surface area contributed by atoms with Crippen molar-refractivity contribution in [3.05, 3.63) is 53.9 Å². The molecule has 1 saturated heterocycles. The van der Waals surface area contributed by atoms with Gasteiger partial charge in [-0.25, -0.2) is 4.79 Å². The van der Waals surface area contributed by atoms with E-state index >= 15 is 0 Å². The molecule has 162 valence electrons. The van der Waals surface area contributed by atoms with Crippen molar-refractivity contribution in [3.8, 4) is 0 Å². The van der Waals surface area contributed by atoms with Gasteiger partial charge in [-0.1, -0.05) is 44.2 Å². The third-order valence-corrected chi connectivity index (χ3v) is 5.78. The number of benzene rings is 1. The van der Waals surface area contributed by atoms with Crippen LogP contribution in [0.3, 0.4) is 0 Å². The molecule has 1 aliphatic heterocycles. The van der Waals surface area contributed by atoms with Gasteiger partial charge in [-0.2, -0.15) is 5.10 Å². The molecule has 0 bridgehead atoms. The molecule has 2 heterocycles. The van der Waals surface area contributed by atoms with E-state index in [4.69, 9.17) is 4.74 Å². The van der Waals surface area contributed by atoms with Crippen LogP contribution in [0.4, 0.5) is 4.79 Å². The van der Waals surface area contributed by atoms with Crippen LogP contribution in [0.25, 0.3) is 0 Å². The molecule has 30 heavy (non-hydrogen) atoms. The van der Waals surface area contributed by atoms with Crippen LogP contribution in [0.1, 0.15) is 44.2 Å². The molecule has 1 aromatic carbocycles. The van der Waals surface area contributed by atoms with Crippen LogP contribution in [0.15, 0.2) is 42.7 Å². The molecule has 0 aliphatic carbocycles. The van der Waals surface area contributed by atoms with E-state index in [1.807, 2.05) is 60.3 Å². The van der Waals surface area contributed by atoms with Crippen LogP contribution in [0.2, 0.25) is 0 Å². The number of aromatic nitrogens is 2. The molecule has 0 saturated carbocycles. The van der Waals surface area contributed by atoms with Gasteiger partial charge >= 0.3 is 6.09 Å². The second-order valence-electron chi connectivity index (χ2n) is 7.89. The van der Waals surface area contributed by atoms with Gasteiger partial charge in [0, 0.05) is 38.8 Å². The van der Waals surface area contributed by atoms with Crippen molar-refractivity contribution in [2.24, 2.45) is 7.05 Å². The minimum Gasteiger partial charge on any atom is -0.445 e. The van der Waals surface area contributed by atoms with Gasteiger partial charge in [0.1, 0.15) is 6.61 Å². The minimum absolute atomic E-state index is 0.0125. The summed E-state index contributed by atoms with van der Waals surface area (Å²) >= 11 is 0. The lowest BCUT2D eigenvalue weighted by Gasteiger charge is -2.45. The normalized spacial score (nSPS) is 19.0. The lowest BCUT2D eigenvalue weighted by Crippen LogP contribution is -2.61. The maximum atomic E-state index is 13.0. The highest BCUT2D eigenvalue weighted by Gasteiger charge is 2.37. The van der Waals surface area contributed by atoms with Gasteiger partial charge < -0.3 is 14.5 Å². The largest absolute Gasteiger partial charge is 0.445 e. The molecule has 0 radical (unpaired) electrons. The molecule has 1 fully saturated rings. The number of hydrogen-bond donors (Lipinski definition) is 0. The number of amides is 2. The van der Waals surface area contributed by atoms with E-state index in [-0.39, 0.29) is 30.7 Å². The predicted molar refractivity (Wildman–Crippen MR) is 115 cm³/mol. The summed E-state index contributed by atoms with van der Waals surface area (Å²) in [6.07, 6.45) is 6.17. The summed E-state index contributed by atoms with van der Waals surface area (Å²) in [4.78, 5) is 29.5. The SMILES string of the molecule is CC[C@H]1CN(C(=O)OCc2ccccc2)[C@H](CC)CN1C(=O)CCc1cnn(C)c1. The molecule has 3 rings (SSSR count). The Morgan fingerprint density at radius 1 is 1.03 bits per heavy atom. The lowest BCUT2D eigenvalue weighted by atomic mass is 10.0. The molecule has 0 unspecified atom stereocenters. The van der Waals surface area contributed by atoms with Crippen LogP contribution in [-0.2, 0) is 29.6 Å². The van der Waals surface area contributed by atoms with Crippen LogP contribution >= 0.6 is 0 Å². The second-order valence-corrected chi connectivity index (χ2v) is 7.89. The maximum Gasteiger partial charge on any atom is 0.410 e. The Bertz CT molecular complexity index is 836. The van der Waals surface area contributed by atoms with E-state index in [9.17, 15) is 9.59 Å². The van der Waals surface area contributed by atoms with E-state index in [0.29, 0.717) is 25.9 Å².